The van der Waals surface area contributed by atoms with Gasteiger partial charge in [-0.25, -0.2) is 0 Å². The number of Topliss-reactive ketones (excluding diaryl/α,β-unsaturated/α-hetero) is 1. The molecule has 7 nitrogen and oxygen atoms in total. The van der Waals surface area contributed by atoms with Crippen LogP contribution in [0.4, 0.5) is 0 Å². The quantitative estimate of drug-likeness (QED) is 0.215. The summed E-state index contributed by atoms with van der Waals surface area (Å²) in [6.07, 6.45) is 0.692. The van der Waals surface area contributed by atoms with Gasteiger partial charge in [0.05, 0.1) is 24.8 Å². The molecule has 0 bridgehead atoms. The van der Waals surface area contributed by atoms with Gasteiger partial charge in [0.1, 0.15) is 18.1 Å². The molecule has 2 heterocycles. The number of morpholine rings is 1. The van der Waals surface area contributed by atoms with Crippen LogP contribution in [0.3, 0.4) is 0 Å². The van der Waals surface area contributed by atoms with Crippen molar-refractivity contribution in [2.75, 3.05) is 39.4 Å². The van der Waals surface area contributed by atoms with Gasteiger partial charge in [-0.3, -0.25) is 14.5 Å². The highest BCUT2D eigenvalue weighted by molar-refractivity contribution is 6.46. The highest BCUT2D eigenvalue weighted by atomic mass is 35.5. The number of rotatable bonds is 9. The Morgan fingerprint density at radius 1 is 1.00 bits per heavy atom. The monoisotopic (exact) mass is 560 g/mol. The largest absolute Gasteiger partial charge is 0.507 e. The summed E-state index contributed by atoms with van der Waals surface area (Å²) in [5.74, 6) is -0.903. The molecule has 0 aromatic heterocycles. The van der Waals surface area contributed by atoms with Crippen molar-refractivity contribution in [1.82, 2.24) is 9.80 Å². The Balaban J connectivity index is 1.39. The first-order valence-electron chi connectivity index (χ1n) is 13.5. The summed E-state index contributed by atoms with van der Waals surface area (Å²) in [4.78, 5) is 30.4. The first kappa shape index (κ1) is 27.9. The molecule has 208 valence electrons. The molecule has 2 aliphatic rings. The average molecular weight is 561 g/mol. The smallest absolute Gasteiger partial charge is 0.295 e. The fourth-order valence-corrected chi connectivity index (χ4v) is 5.42. The minimum atomic E-state index is -0.736. The van der Waals surface area contributed by atoms with Crippen molar-refractivity contribution in [3.8, 4) is 5.75 Å². The molecule has 1 atom stereocenters. The van der Waals surface area contributed by atoms with Crippen molar-refractivity contribution in [3.05, 3.63) is 106 Å². The lowest BCUT2D eigenvalue weighted by molar-refractivity contribution is -0.140. The maximum Gasteiger partial charge on any atom is 0.295 e. The number of carbonyl (C=O) groups is 2. The van der Waals surface area contributed by atoms with Crippen LogP contribution in [0.15, 0.2) is 78.4 Å². The molecule has 0 spiro atoms. The van der Waals surface area contributed by atoms with Gasteiger partial charge in [-0.2, -0.15) is 0 Å². The van der Waals surface area contributed by atoms with Gasteiger partial charge < -0.3 is 19.5 Å². The maximum atomic E-state index is 13.3. The van der Waals surface area contributed by atoms with E-state index in [1.807, 2.05) is 37.3 Å². The number of halogens is 1. The van der Waals surface area contributed by atoms with Crippen LogP contribution in [0, 0.1) is 6.92 Å². The van der Waals surface area contributed by atoms with Gasteiger partial charge in [-0.05, 0) is 66.4 Å². The number of aliphatic hydroxyl groups is 1. The van der Waals surface area contributed by atoms with E-state index >= 15 is 0 Å². The number of nitrogens with zero attached hydrogens (tertiary/aromatic N) is 2. The van der Waals surface area contributed by atoms with Crippen molar-refractivity contribution >= 4 is 29.1 Å². The minimum Gasteiger partial charge on any atom is -0.507 e. The zero-order valence-corrected chi connectivity index (χ0v) is 23.3. The maximum absolute atomic E-state index is 13.3. The Bertz CT molecular complexity index is 1400. The van der Waals surface area contributed by atoms with Crippen LogP contribution in [0.5, 0.6) is 5.75 Å². The lowest BCUT2D eigenvalue weighted by Gasteiger charge is -2.29. The molecule has 3 aromatic rings. The SMILES string of the molecule is Cc1ccccc1COc1ccc(/C(O)=C2\C(=O)C(=O)N(CCCN3CCOCC3)C2c2cccc(Cl)c2)cc1. The molecule has 2 fully saturated rings. The van der Waals surface area contributed by atoms with E-state index in [9.17, 15) is 14.7 Å². The summed E-state index contributed by atoms with van der Waals surface area (Å²) >= 11 is 6.30. The number of ether oxygens (including phenoxy) is 2. The van der Waals surface area contributed by atoms with Gasteiger partial charge in [-0.15, -0.1) is 0 Å². The van der Waals surface area contributed by atoms with E-state index in [1.165, 1.54) is 0 Å². The van der Waals surface area contributed by atoms with Crippen LogP contribution in [0.25, 0.3) is 5.76 Å². The van der Waals surface area contributed by atoms with Crippen LogP contribution in [-0.2, 0) is 20.9 Å². The van der Waals surface area contributed by atoms with Crippen LogP contribution in [0.2, 0.25) is 5.02 Å². The average Bonchev–Trinajstić information content (AvgIpc) is 3.22. The second kappa shape index (κ2) is 12.7. The van der Waals surface area contributed by atoms with Crippen LogP contribution < -0.4 is 4.74 Å². The number of hydrogen-bond acceptors (Lipinski definition) is 6. The van der Waals surface area contributed by atoms with Crippen molar-refractivity contribution in [2.45, 2.75) is 26.0 Å². The third-order valence-electron chi connectivity index (χ3n) is 7.46. The molecular formula is C32H33ClN2O5. The third kappa shape index (κ3) is 6.22. The fourth-order valence-electron chi connectivity index (χ4n) is 5.22. The van der Waals surface area contributed by atoms with E-state index in [1.54, 1.807) is 47.4 Å². The summed E-state index contributed by atoms with van der Waals surface area (Å²) in [5.41, 5.74) is 3.41. The molecule has 40 heavy (non-hydrogen) atoms. The van der Waals surface area contributed by atoms with Crippen LogP contribution in [-0.4, -0.2) is 66.0 Å². The highest BCUT2D eigenvalue weighted by Gasteiger charge is 2.45. The number of hydrogen-bond donors (Lipinski definition) is 1. The van der Waals surface area contributed by atoms with Crippen molar-refractivity contribution in [3.63, 3.8) is 0 Å². The van der Waals surface area contributed by atoms with Crippen molar-refractivity contribution < 1.29 is 24.2 Å². The van der Waals surface area contributed by atoms with Crippen molar-refractivity contribution in [1.29, 1.82) is 0 Å². The molecular weight excluding hydrogens is 528 g/mol. The third-order valence-corrected chi connectivity index (χ3v) is 7.70. The van der Waals surface area contributed by atoms with Gasteiger partial charge >= 0.3 is 0 Å². The Morgan fingerprint density at radius 3 is 2.48 bits per heavy atom. The molecule has 0 radical (unpaired) electrons. The number of carbonyl (C=O) groups excluding carboxylic acids is 2. The predicted octanol–water partition coefficient (Wildman–Crippen LogP) is 5.37. The Hall–Kier alpha value is -3.65. The number of likely N-dealkylation sites (tertiary alicyclic amines) is 1. The second-order valence-corrected chi connectivity index (χ2v) is 10.5. The van der Waals surface area contributed by atoms with Gasteiger partial charge in [-0.1, -0.05) is 48.0 Å². The second-order valence-electron chi connectivity index (χ2n) is 10.1. The fraction of sp³-hybridized carbons (Fsp3) is 0.312. The van der Waals surface area contributed by atoms with E-state index in [4.69, 9.17) is 21.1 Å². The van der Waals surface area contributed by atoms with Gasteiger partial charge in [0.15, 0.2) is 0 Å². The minimum absolute atomic E-state index is 0.0622. The first-order valence-corrected chi connectivity index (χ1v) is 13.9. The molecule has 3 aromatic carbocycles. The summed E-state index contributed by atoms with van der Waals surface area (Å²) in [6, 6.07) is 21.3. The number of aliphatic hydroxyl groups excluding tert-OH is 1. The molecule has 0 saturated carbocycles. The lowest BCUT2D eigenvalue weighted by atomic mass is 9.95. The molecule has 2 saturated heterocycles. The predicted molar refractivity (Wildman–Crippen MR) is 154 cm³/mol. The number of benzene rings is 3. The molecule has 5 rings (SSSR count). The Labute approximate surface area is 239 Å². The molecule has 8 heteroatoms. The zero-order valence-electron chi connectivity index (χ0n) is 22.5. The Kier molecular flexibility index (Phi) is 8.85. The number of ketones is 1. The molecule has 2 aliphatic heterocycles. The van der Waals surface area contributed by atoms with E-state index in [2.05, 4.69) is 4.90 Å². The van der Waals surface area contributed by atoms with Gasteiger partial charge in [0.25, 0.3) is 11.7 Å². The summed E-state index contributed by atoms with van der Waals surface area (Å²) in [5, 5.41) is 11.9. The molecule has 0 aliphatic carbocycles. The van der Waals surface area contributed by atoms with E-state index in [-0.39, 0.29) is 11.3 Å². The molecule has 1 amide bonds. The van der Waals surface area contributed by atoms with Crippen molar-refractivity contribution in [2.24, 2.45) is 0 Å². The standard InChI is InChI=1S/C32H33ClN2O5/c1-22-6-2-3-7-25(22)21-40-27-12-10-23(11-13-27)30(36)28-29(24-8-4-9-26(33)20-24)35(32(38)31(28)37)15-5-14-34-16-18-39-19-17-34/h2-4,6-13,20,29,36H,5,14-19,21H2,1H3/b30-28+. The van der Waals surface area contributed by atoms with Crippen LogP contribution >= 0.6 is 11.6 Å². The highest BCUT2D eigenvalue weighted by Crippen LogP contribution is 2.40. The summed E-state index contributed by atoms with van der Waals surface area (Å²) in [7, 11) is 0. The molecule has 1 N–H and O–H groups in total. The zero-order chi connectivity index (χ0) is 28.1. The van der Waals surface area contributed by atoms with Crippen LogP contribution in [0.1, 0.15) is 34.7 Å². The van der Waals surface area contributed by atoms with E-state index in [0.29, 0.717) is 54.7 Å². The number of amides is 1. The van der Waals surface area contributed by atoms with E-state index < -0.39 is 17.7 Å². The summed E-state index contributed by atoms with van der Waals surface area (Å²) < 4.78 is 11.4. The number of aryl methyl sites for hydroxylation is 1. The normalized spacial score (nSPS) is 19.2. The van der Waals surface area contributed by atoms with Gasteiger partial charge in [0, 0.05) is 36.8 Å². The first-order chi connectivity index (χ1) is 19.4. The lowest BCUT2D eigenvalue weighted by Crippen LogP contribution is -2.38. The van der Waals surface area contributed by atoms with E-state index in [0.717, 1.165) is 30.8 Å². The Morgan fingerprint density at radius 2 is 1.75 bits per heavy atom. The topological polar surface area (TPSA) is 79.3 Å². The van der Waals surface area contributed by atoms with Gasteiger partial charge in [0.2, 0.25) is 0 Å². The molecule has 1 unspecified atom stereocenters. The summed E-state index contributed by atoms with van der Waals surface area (Å²) in [6.45, 7) is 6.71.